The third-order valence-electron chi connectivity index (χ3n) is 4.61. The lowest BCUT2D eigenvalue weighted by molar-refractivity contribution is 0.282. The van der Waals surface area contributed by atoms with Crippen LogP contribution in [0.25, 0.3) is 11.0 Å². The van der Waals surface area contributed by atoms with Gasteiger partial charge in [0.1, 0.15) is 0 Å². The van der Waals surface area contributed by atoms with Gasteiger partial charge < -0.3 is 9.47 Å². The lowest BCUT2D eigenvalue weighted by Gasteiger charge is -2.22. The molecule has 3 heterocycles. The van der Waals surface area contributed by atoms with E-state index in [0.717, 1.165) is 57.2 Å². The smallest absolute Gasteiger partial charge is 0.225 e. The maximum absolute atomic E-state index is 4.47. The zero-order chi connectivity index (χ0) is 16.2. The number of imidazole rings is 1. The van der Waals surface area contributed by atoms with Gasteiger partial charge in [0.05, 0.1) is 17.4 Å². The van der Waals surface area contributed by atoms with E-state index >= 15 is 0 Å². The van der Waals surface area contributed by atoms with Crippen LogP contribution in [0.15, 0.2) is 49.1 Å². The van der Waals surface area contributed by atoms with E-state index in [0.29, 0.717) is 0 Å². The van der Waals surface area contributed by atoms with E-state index in [1.807, 2.05) is 30.9 Å². The second-order valence-electron chi connectivity index (χ2n) is 6.16. The molecule has 0 amide bonds. The summed E-state index contributed by atoms with van der Waals surface area (Å²) in [6.45, 7) is 6.19. The van der Waals surface area contributed by atoms with Crippen LogP contribution in [0.1, 0.15) is 6.42 Å². The Balaban J connectivity index is 1.36. The molecule has 1 fully saturated rings. The maximum Gasteiger partial charge on any atom is 0.225 e. The summed E-state index contributed by atoms with van der Waals surface area (Å²) in [6, 6.07) is 10.2. The van der Waals surface area contributed by atoms with Gasteiger partial charge in [-0.15, -0.1) is 0 Å². The summed E-state index contributed by atoms with van der Waals surface area (Å²) >= 11 is 0. The maximum atomic E-state index is 4.47. The molecule has 0 aliphatic carbocycles. The van der Waals surface area contributed by atoms with Crippen molar-refractivity contribution >= 4 is 17.0 Å². The molecule has 6 heteroatoms. The predicted molar refractivity (Wildman–Crippen MR) is 95.0 cm³/mol. The molecule has 24 heavy (non-hydrogen) atoms. The Kier molecular flexibility index (Phi) is 4.38. The molecule has 124 valence electrons. The monoisotopic (exact) mass is 322 g/mol. The zero-order valence-electron chi connectivity index (χ0n) is 13.8. The Morgan fingerprint density at radius 3 is 2.62 bits per heavy atom. The quantitative estimate of drug-likeness (QED) is 0.736. The van der Waals surface area contributed by atoms with Crippen molar-refractivity contribution in [3.8, 4) is 0 Å². The molecule has 0 bridgehead atoms. The molecule has 1 saturated heterocycles. The van der Waals surface area contributed by atoms with Crippen molar-refractivity contribution in [1.82, 2.24) is 24.4 Å². The van der Waals surface area contributed by atoms with E-state index in [2.05, 4.69) is 47.5 Å². The minimum absolute atomic E-state index is 0.847. The van der Waals surface area contributed by atoms with Crippen molar-refractivity contribution in [1.29, 1.82) is 0 Å². The average Bonchev–Trinajstić information content (AvgIpc) is 2.90. The highest BCUT2D eigenvalue weighted by Gasteiger charge is 2.16. The Morgan fingerprint density at radius 2 is 1.71 bits per heavy atom. The molecule has 6 nitrogen and oxygen atoms in total. The first-order valence-corrected chi connectivity index (χ1v) is 8.54. The molecule has 0 spiro atoms. The van der Waals surface area contributed by atoms with E-state index in [9.17, 15) is 0 Å². The first-order chi connectivity index (χ1) is 11.9. The SMILES string of the molecule is c1cnc(N2CCCN(CCn3cnc4ccccc43)CC2)nc1. The van der Waals surface area contributed by atoms with Crippen LogP contribution in [0, 0.1) is 0 Å². The average molecular weight is 322 g/mol. The molecule has 0 saturated carbocycles. The summed E-state index contributed by atoms with van der Waals surface area (Å²) in [7, 11) is 0. The zero-order valence-corrected chi connectivity index (χ0v) is 13.8. The van der Waals surface area contributed by atoms with Gasteiger partial charge in [0, 0.05) is 45.1 Å². The minimum atomic E-state index is 0.847. The van der Waals surface area contributed by atoms with Gasteiger partial charge in [-0.2, -0.15) is 0 Å². The largest absolute Gasteiger partial charge is 0.339 e. The molecule has 0 unspecified atom stereocenters. The molecule has 0 N–H and O–H groups in total. The fourth-order valence-electron chi connectivity index (χ4n) is 3.29. The van der Waals surface area contributed by atoms with Crippen LogP contribution in [0.4, 0.5) is 5.95 Å². The van der Waals surface area contributed by atoms with E-state index in [1.54, 1.807) is 0 Å². The van der Waals surface area contributed by atoms with Crippen LogP contribution >= 0.6 is 0 Å². The van der Waals surface area contributed by atoms with Gasteiger partial charge in [-0.1, -0.05) is 12.1 Å². The Morgan fingerprint density at radius 1 is 0.833 bits per heavy atom. The Bertz CT molecular complexity index is 784. The van der Waals surface area contributed by atoms with Crippen LogP contribution < -0.4 is 4.90 Å². The minimum Gasteiger partial charge on any atom is -0.339 e. The highest BCUT2D eigenvalue weighted by molar-refractivity contribution is 5.74. The molecule has 1 aliphatic heterocycles. The van der Waals surface area contributed by atoms with E-state index in [4.69, 9.17) is 0 Å². The molecule has 2 aromatic heterocycles. The second-order valence-corrected chi connectivity index (χ2v) is 6.16. The number of benzene rings is 1. The summed E-state index contributed by atoms with van der Waals surface area (Å²) in [6.07, 6.45) is 6.72. The van der Waals surface area contributed by atoms with Crippen molar-refractivity contribution in [2.45, 2.75) is 13.0 Å². The number of fused-ring (bicyclic) bond motifs is 1. The van der Waals surface area contributed by atoms with E-state index in [-0.39, 0.29) is 0 Å². The molecular weight excluding hydrogens is 300 g/mol. The number of hydrogen-bond donors (Lipinski definition) is 0. The van der Waals surface area contributed by atoms with Crippen molar-refractivity contribution < 1.29 is 0 Å². The third kappa shape index (κ3) is 3.23. The standard InChI is InChI=1S/C18H22N6/c1-2-6-17-16(5-1)21-15-24(17)14-12-22-9-4-10-23(13-11-22)18-19-7-3-8-20-18/h1-3,5-8,15H,4,9-14H2. The predicted octanol–water partition coefficient (Wildman–Crippen LogP) is 2.04. The molecule has 0 atom stereocenters. The fourth-order valence-corrected chi connectivity index (χ4v) is 3.29. The summed E-state index contributed by atoms with van der Waals surface area (Å²) in [5.41, 5.74) is 2.28. The van der Waals surface area contributed by atoms with Crippen molar-refractivity contribution in [3.63, 3.8) is 0 Å². The number of anilines is 1. The number of para-hydroxylation sites is 2. The van der Waals surface area contributed by atoms with Crippen LogP contribution in [-0.4, -0.2) is 57.1 Å². The van der Waals surface area contributed by atoms with Gasteiger partial charge in [-0.25, -0.2) is 15.0 Å². The number of aromatic nitrogens is 4. The molecule has 4 rings (SSSR count). The number of rotatable bonds is 4. The molecular formula is C18H22N6. The Labute approximate surface area is 141 Å². The van der Waals surface area contributed by atoms with Gasteiger partial charge in [0.15, 0.2) is 0 Å². The first kappa shape index (κ1) is 15.1. The van der Waals surface area contributed by atoms with Crippen molar-refractivity contribution in [2.24, 2.45) is 0 Å². The topological polar surface area (TPSA) is 50.1 Å². The normalized spacial score (nSPS) is 16.4. The van der Waals surface area contributed by atoms with Gasteiger partial charge in [-0.05, 0) is 31.2 Å². The molecule has 0 radical (unpaired) electrons. The summed E-state index contributed by atoms with van der Waals surface area (Å²) in [4.78, 5) is 18.0. The third-order valence-corrected chi connectivity index (χ3v) is 4.61. The Hall–Kier alpha value is -2.47. The van der Waals surface area contributed by atoms with Gasteiger partial charge in [0.2, 0.25) is 5.95 Å². The molecule has 1 aliphatic rings. The van der Waals surface area contributed by atoms with Gasteiger partial charge in [0.25, 0.3) is 0 Å². The summed E-state index contributed by atoms with van der Waals surface area (Å²) in [5, 5.41) is 0. The molecule has 3 aromatic rings. The van der Waals surface area contributed by atoms with Gasteiger partial charge in [-0.3, -0.25) is 4.90 Å². The fraction of sp³-hybridized carbons (Fsp3) is 0.389. The highest BCUT2D eigenvalue weighted by Crippen LogP contribution is 2.13. The lowest BCUT2D eigenvalue weighted by atomic mass is 10.3. The van der Waals surface area contributed by atoms with Crippen molar-refractivity contribution in [3.05, 3.63) is 49.1 Å². The van der Waals surface area contributed by atoms with Crippen LogP contribution in [0.2, 0.25) is 0 Å². The lowest BCUT2D eigenvalue weighted by Crippen LogP contribution is -2.33. The van der Waals surface area contributed by atoms with E-state index < -0.39 is 0 Å². The second kappa shape index (κ2) is 6.97. The van der Waals surface area contributed by atoms with Gasteiger partial charge >= 0.3 is 0 Å². The van der Waals surface area contributed by atoms with E-state index in [1.165, 1.54) is 5.52 Å². The van der Waals surface area contributed by atoms with Crippen LogP contribution in [-0.2, 0) is 6.54 Å². The summed E-state index contributed by atoms with van der Waals surface area (Å²) < 4.78 is 2.25. The number of nitrogens with zero attached hydrogens (tertiary/aromatic N) is 6. The van der Waals surface area contributed by atoms with Crippen LogP contribution in [0.3, 0.4) is 0 Å². The van der Waals surface area contributed by atoms with Crippen LogP contribution in [0.5, 0.6) is 0 Å². The van der Waals surface area contributed by atoms with Crippen molar-refractivity contribution in [2.75, 3.05) is 37.6 Å². The highest BCUT2D eigenvalue weighted by atomic mass is 15.3. The number of hydrogen-bond acceptors (Lipinski definition) is 5. The first-order valence-electron chi connectivity index (χ1n) is 8.54. The molecule has 1 aromatic carbocycles. The summed E-state index contributed by atoms with van der Waals surface area (Å²) in [5.74, 6) is 0.847.